The number of hydrogen-bond donors (Lipinski definition) is 2. The standard InChI is InChI=1S/C28H31FN4O3/c1-4-36-28(34)24-17-23(19-8-10-22(11-9-19)33-12-14-35-15-13-33)25(26(30)18(2)3)27(32-24)31-21-7-5-6-20(29)16-21/h5-11,16-18,30H,4,12-15H2,1-3H3,(H,31,32). The Kier molecular flexibility index (Phi) is 7.95. The van der Waals surface area contributed by atoms with E-state index in [1.165, 1.54) is 12.1 Å². The first kappa shape index (κ1) is 25.3. The molecule has 1 aliphatic heterocycles. The first-order valence-corrected chi connectivity index (χ1v) is 12.1. The molecular weight excluding hydrogens is 459 g/mol. The van der Waals surface area contributed by atoms with Crippen molar-refractivity contribution in [2.45, 2.75) is 20.8 Å². The summed E-state index contributed by atoms with van der Waals surface area (Å²) in [5.74, 6) is -0.772. The number of benzene rings is 2. The van der Waals surface area contributed by atoms with E-state index in [1.807, 2.05) is 38.1 Å². The summed E-state index contributed by atoms with van der Waals surface area (Å²) in [4.78, 5) is 19.5. The molecule has 36 heavy (non-hydrogen) atoms. The number of nitrogens with zero attached hydrogens (tertiary/aromatic N) is 2. The lowest BCUT2D eigenvalue weighted by Gasteiger charge is -2.29. The molecule has 0 unspecified atom stereocenters. The van der Waals surface area contributed by atoms with Gasteiger partial charge in [0.05, 0.1) is 19.8 Å². The number of hydrogen-bond acceptors (Lipinski definition) is 7. The van der Waals surface area contributed by atoms with Gasteiger partial charge in [-0.1, -0.05) is 32.0 Å². The van der Waals surface area contributed by atoms with E-state index in [4.69, 9.17) is 14.9 Å². The third-order valence-electron chi connectivity index (χ3n) is 5.99. The number of esters is 1. The Balaban J connectivity index is 1.85. The van der Waals surface area contributed by atoms with Crippen LogP contribution in [-0.2, 0) is 9.47 Å². The van der Waals surface area contributed by atoms with E-state index >= 15 is 0 Å². The number of rotatable bonds is 8. The van der Waals surface area contributed by atoms with Crippen LogP contribution in [0.4, 0.5) is 21.6 Å². The summed E-state index contributed by atoms with van der Waals surface area (Å²) in [5.41, 5.74) is 4.09. The SMILES string of the molecule is CCOC(=O)c1cc(-c2ccc(N3CCOCC3)cc2)c(C(=N)C(C)C)c(Nc2cccc(F)c2)n1. The van der Waals surface area contributed by atoms with Gasteiger partial charge in [-0.15, -0.1) is 0 Å². The quantitative estimate of drug-likeness (QED) is 0.313. The number of ether oxygens (including phenoxy) is 2. The second-order valence-electron chi connectivity index (χ2n) is 8.85. The number of aromatic nitrogens is 1. The van der Waals surface area contributed by atoms with E-state index in [0.717, 1.165) is 24.3 Å². The van der Waals surface area contributed by atoms with Crippen LogP contribution in [0.15, 0.2) is 54.6 Å². The Labute approximate surface area is 210 Å². The average Bonchev–Trinajstić information content (AvgIpc) is 2.88. The maximum absolute atomic E-state index is 13.9. The number of morpholine rings is 1. The van der Waals surface area contributed by atoms with E-state index < -0.39 is 11.8 Å². The topological polar surface area (TPSA) is 87.5 Å². The summed E-state index contributed by atoms with van der Waals surface area (Å²) >= 11 is 0. The minimum Gasteiger partial charge on any atom is -0.461 e. The van der Waals surface area contributed by atoms with Gasteiger partial charge >= 0.3 is 5.97 Å². The van der Waals surface area contributed by atoms with Crippen LogP contribution in [-0.4, -0.2) is 49.6 Å². The Bertz CT molecular complexity index is 1240. The Morgan fingerprint density at radius 1 is 1.17 bits per heavy atom. The number of halogens is 1. The summed E-state index contributed by atoms with van der Waals surface area (Å²) in [6.07, 6.45) is 0. The molecule has 0 radical (unpaired) electrons. The number of pyridine rings is 1. The second-order valence-corrected chi connectivity index (χ2v) is 8.85. The largest absolute Gasteiger partial charge is 0.461 e. The number of nitrogens with one attached hydrogen (secondary N) is 2. The van der Waals surface area contributed by atoms with Crippen molar-refractivity contribution in [1.82, 2.24) is 4.98 Å². The molecule has 1 fully saturated rings. The first-order valence-electron chi connectivity index (χ1n) is 12.1. The monoisotopic (exact) mass is 490 g/mol. The summed E-state index contributed by atoms with van der Waals surface area (Å²) in [6.45, 7) is 8.84. The molecule has 0 bridgehead atoms. The predicted molar refractivity (Wildman–Crippen MR) is 140 cm³/mol. The molecule has 8 heteroatoms. The van der Waals surface area contributed by atoms with Crippen LogP contribution in [0.1, 0.15) is 36.8 Å². The summed E-state index contributed by atoms with van der Waals surface area (Å²) in [5, 5.41) is 12.0. The highest BCUT2D eigenvalue weighted by molar-refractivity contribution is 6.10. The average molecular weight is 491 g/mol. The molecule has 1 saturated heterocycles. The highest BCUT2D eigenvalue weighted by atomic mass is 19.1. The van der Waals surface area contributed by atoms with Crippen molar-refractivity contribution in [2.75, 3.05) is 43.1 Å². The van der Waals surface area contributed by atoms with Crippen LogP contribution < -0.4 is 10.2 Å². The highest BCUT2D eigenvalue weighted by Gasteiger charge is 2.23. The van der Waals surface area contributed by atoms with E-state index in [9.17, 15) is 9.18 Å². The van der Waals surface area contributed by atoms with Gasteiger partial charge in [-0.3, -0.25) is 0 Å². The number of carbonyl (C=O) groups excluding carboxylic acids is 1. The van der Waals surface area contributed by atoms with Gasteiger partial charge in [0.1, 0.15) is 11.6 Å². The minimum absolute atomic E-state index is 0.111. The molecule has 2 aromatic carbocycles. The predicted octanol–water partition coefficient (Wildman–Crippen LogP) is 5.67. The fraction of sp³-hybridized carbons (Fsp3) is 0.321. The molecule has 7 nitrogen and oxygen atoms in total. The van der Waals surface area contributed by atoms with Gasteiger partial charge in [-0.2, -0.15) is 0 Å². The first-order chi connectivity index (χ1) is 17.4. The van der Waals surface area contributed by atoms with Gasteiger partial charge in [0, 0.05) is 35.7 Å². The molecule has 0 amide bonds. The number of carbonyl (C=O) groups is 1. The van der Waals surface area contributed by atoms with Crippen molar-refractivity contribution in [1.29, 1.82) is 5.41 Å². The van der Waals surface area contributed by atoms with Gasteiger partial charge in [-0.25, -0.2) is 14.2 Å². The zero-order chi connectivity index (χ0) is 25.7. The Morgan fingerprint density at radius 3 is 2.53 bits per heavy atom. The van der Waals surface area contributed by atoms with Crippen LogP contribution in [0.25, 0.3) is 11.1 Å². The molecule has 2 N–H and O–H groups in total. The molecule has 0 spiro atoms. The molecule has 2 heterocycles. The van der Waals surface area contributed by atoms with Crippen LogP contribution in [0, 0.1) is 17.1 Å². The smallest absolute Gasteiger partial charge is 0.357 e. The fourth-order valence-corrected chi connectivity index (χ4v) is 4.11. The lowest BCUT2D eigenvalue weighted by atomic mass is 9.91. The van der Waals surface area contributed by atoms with Crippen LogP contribution in [0.3, 0.4) is 0 Å². The van der Waals surface area contributed by atoms with Gasteiger partial charge in [-0.05, 0) is 60.4 Å². The van der Waals surface area contributed by atoms with Gasteiger partial charge in [0.2, 0.25) is 0 Å². The molecular formula is C28H31FN4O3. The van der Waals surface area contributed by atoms with Crippen molar-refractivity contribution in [2.24, 2.45) is 5.92 Å². The van der Waals surface area contributed by atoms with Gasteiger partial charge < -0.3 is 25.1 Å². The van der Waals surface area contributed by atoms with Crippen LogP contribution >= 0.6 is 0 Å². The van der Waals surface area contributed by atoms with E-state index in [-0.39, 0.29) is 18.2 Å². The Hall–Kier alpha value is -3.78. The fourth-order valence-electron chi connectivity index (χ4n) is 4.11. The normalized spacial score (nSPS) is 13.5. The maximum Gasteiger partial charge on any atom is 0.357 e. The van der Waals surface area contributed by atoms with Gasteiger partial charge in [0.25, 0.3) is 0 Å². The van der Waals surface area contributed by atoms with E-state index in [2.05, 4.69) is 15.2 Å². The highest BCUT2D eigenvalue weighted by Crippen LogP contribution is 2.34. The third kappa shape index (κ3) is 5.71. The maximum atomic E-state index is 13.9. The Morgan fingerprint density at radius 2 is 1.89 bits per heavy atom. The van der Waals surface area contributed by atoms with Crippen molar-refractivity contribution < 1.29 is 18.7 Å². The zero-order valence-electron chi connectivity index (χ0n) is 20.8. The lowest BCUT2D eigenvalue weighted by molar-refractivity contribution is 0.0519. The second kappa shape index (κ2) is 11.3. The molecule has 3 aromatic rings. The van der Waals surface area contributed by atoms with Crippen molar-refractivity contribution in [3.05, 3.63) is 71.7 Å². The minimum atomic E-state index is -0.561. The molecule has 1 aromatic heterocycles. The summed E-state index contributed by atoms with van der Waals surface area (Å²) < 4.78 is 24.6. The van der Waals surface area contributed by atoms with Crippen LogP contribution in [0.2, 0.25) is 0 Å². The van der Waals surface area contributed by atoms with Crippen molar-refractivity contribution >= 4 is 28.9 Å². The van der Waals surface area contributed by atoms with Crippen molar-refractivity contribution in [3.63, 3.8) is 0 Å². The molecule has 4 rings (SSSR count). The molecule has 1 aliphatic rings. The molecule has 0 atom stereocenters. The van der Waals surface area contributed by atoms with E-state index in [1.54, 1.807) is 25.1 Å². The third-order valence-corrected chi connectivity index (χ3v) is 5.99. The molecule has 188 valence electrons. The zero-order valence-corrected chi connectivity index (χ0v) is 20.8. The molecule has 0 aliphatic carbocycles. The van der Waals surface area contributed by atoms with Crippen LogP contribution in [0.5, 0.6) is 0 Å². The van der Waals surface area contributed by atoms with E-state index in [0.29, 0.717) is 41.6 Å². The lowest BCUT2D eigenvalue weighted by Crippen LogP contribution is -2.36. The molecule has 0 saturated carbocycles. The summed E-state index contributed by atoms with van der Waals surface area (Å²) in [6, 6.07) is 15.7. The van der Waals surface area contributed by atoms with Gasteiger partial charge in [0.15, 0.2) is 5.69 Å². The van der Waals surface area contributed by atoms with Crippen molar-refractivity contribution in [3.8, 4) is 11.1 Å². The summed E-state index contributed by atoms with van der Waals surface area (Å²) in [7, 11) is 0. The number of anilines is 3.